The van der Waals surface area contributed by atoms with Gasteiger partial charge >= 0.3 is 0 Å². The molecule has 3 heteroatoms. The minimum absolute atomic E-state index is 0.725. The first-order valence-electron chi connectivity index (χ1n) is 6.01. The summed E-state index contributed by atoms with van der Waals surface area (Å²) in [5.74, 6) is 1.70. The van der Waals surface area contributed by atoms with Crippen molar-refractivity contribution in [1.29, 1.82) is 0 Å². The van der Waals surface area contributed by atoms with Crippen LogP contribution in [-0.2, 0) is 0 Å². The zero-order valence-corrected chi connectivity index (χ0v) is 10.8. The van der Waals surface area contributed by atoms with E-state index in [0.717, 1.165) is 22.8 Å². The van der Waals surface area contributed by atoms with Gasteiger partial charge in [-0.1, -0.05) is 13.8 Å². The molecule has 1 aliphatic rings. The molecule has 1 saturated carbocycles. The van der Waals surface area contributed by atoms with E-state index >= 15 is 0 Å². The Balaban J connectivity index is 2.02. The van der Waals surface area contributed by atoms with Crippen LogP contribution in [0.1, 0.15) is 33.1 Å². The van der Waals surface area contributed by atoms with Gasteiger partial charge in [-0.05, 0) is 37.2 Å². The van der Waals surface area contributed by atoms with Crippen molar-refractivity contribution in [2.75, 3.05) is 5.73 Å². The molecule has 1 aliphatic carbocycles. The number of anilines is 1. The van der Waals surface area contributed by atoms with Crippen LogP contribution in [-0.4, -0.2) is 10.2 Å². The van der Waals surface area contributed by atoms with Crippen molar-refractivity contribution in [3.63, 3.8) is 0 Å². The predicted octanol–water partition coefficient (Wildman–Crippen LogP) is 3.58. The van der Waals surface area contributed by atoms with Crippen LogP contribution >= 0.6 is 11.8 Å². The Kier molecular flexibility index (Phi) is 3.74. The Labute approximate surface area is 102 Å². The number of rotatable bonds is 2. The maximum absolute atomic E-state index is 5.92. The molecule has 88 valence electrons. The van der Waals surface area contributed by atoms with E-state index in [2.05, 4.69) is 18.8 Å². The first-order chi connectivity index (χ1) is 7.65. The monoisotopic (exact) mass is 236 g/mol. The van der Waals surface area contributed by atoms with Crippen LogP contribution in [0, 0.1) is 11.8 Å². The van der Waals surface area contributed by atoms with Crippen molar-refractivity contribution in [3.8, 4) is 0 Å². The quantitative estimate of drug-likeness (QED) is 0.853. The number of nitrogen functional groups attached to an aromatic ring is 1. The van der Waals surface area contributed by atoms with Crippen molar-refractivity contribution in [2.24, 2.45) is 11.8 Å². The van der Waals surface area contributed by atoms with E-state index in [9.17, 15) is 0 Å². The van der Waals surface area contributed by atoms with Crippen molar-refractivity contribution in [3.05, 3.63) is 18.5 Å². The molecular weight excluding hydrogens is 216 g/mol. The molecule has 2 rings (SSSR count). The maximum atomic E-state index is 5.92. The summed E-state index contributed by atoms with van der Waals surface area (Å²) in [4.78, 5) is 5.23. The summed E-state index contributed by atoms with van der Waals surface area (Å²) in [6, 6.07) is 2.03. The molecule has 16 heavy (non-hydrogen) atoms. The van der Waals surface area contributed by atoms with Gasteiger partial charge < -0.3 is 5.73 Å². The van der Waals surface area contributed by atoms with E-state index in [0.29, 0.717) is 0 Å². The Morgan fingerprint density at radius 1 is 1.25 bits per heavy atom. The van der Waals surface area contributed by atoms with E-state index in [1.807, 2.05) is 24.0 Å². The number of aromatic nitrogens is 1. The summed E-state index contributed by atoms with van der Waals surface area (Å²) in [7, 11) is 0. The van der Waals surface area contributed by atoms with E-state index in [1.54, 1.807) is 6.20 Å². The predicted molar refractivity (Wildman–Crippen MR) is 70.5 cm³/mol. The summed E-state index contributed by atoms with van der Waals surface area (Å²) in [6.45, 7) is 4.72. The number of nitrogens with two attached hydrogens (primary N) is 1. The molecular formula is C13H20N2S. The van der Waals surface area contributed by atoms with Crippen LogP contribution in [0.25, 0.3) is 0 Å². The number of thioether (sulfide) groups is 1. The molecule has 1 aromatic rings. The van der Waals surface area contributed by atoms with E-state index in [-0.39, 0.29) is 0 Å². The third kappa shape index (κ3) is 2.91. The van der Waals surface area contributed by atoms with E-state index in [1.165, 1.54) is 24.2 Å². The first kappa shape index (κ1) is 11.8. The van der Waals surface area contributed by atoms with Crippen molar-refractivity contribution in [1.82, 2.24) is 4.98 Å². The summed E-state index contributed by atoms with van der Waals surface area (Å²) in [5, 5.41) is 0.725. The molecule has 2 atom stereocenters. The Hall–Kier alpha value is -0.700. The second-order valence-corrected chi connectivity index (χ2v) is 6.41. The highest BCUT2D eigenvalue weighted by Crippen LogP contribution is 2.39. The highest BCUT2D eigenvalue weighted by molar-refractivity contribution is 8.00. The lowest BCUT2D eigenvalue weighted by Crippen LogP contribution is -2.21. The summed E-state index contributed by atoms with van der Waals surface area (Å²) in [5.41, 5.74) is 6.74. The van der Waals surface area contributed by atoms with Gasteiger partial charge in [0.05, 0.1) is 11.9 Å². The molecule has 0 aliphatic heterocycles. The minimum Gasteiger partial charge on any atom is -0.397 e. The molecule has 2 unspecified atom stereocenters. The number of pyridine rings is 1. The van der Waals surface area contributed by atoms with Crippen LogP contribution in [0.15, 0.2) is 23.4 Å². The minimum atomic E-state index is 0.725. The standard InChI is InChI=1S/C13H20N2S/c1-9-5-10(2)7-11(6-9)16-13-3-4-15-8-12(13)14/h3-4,8-11H,5-7,14H2,1-2H3. The molecule has 2 nitrogen and oxygen atoms in total. The third-order valence-electron chi connectivity index (χ3n) is 3.24. The van der Waals surface area contributed by atoms with Crippen LogP contribution in [0.2, 0.25) is 0 Å². The molecule has 1 heterocycles. The van der Waals surface area contributed by atoms with Crippen LogP contribution < -0.4 is 5.73 Å². The zero-order chi connectivity index (χ0) is 11.5. The number of hydrogen-bond acceptors (Lipinski definition) is 3. The Morgan fingerprint density at radius 3 is 2.56 bits per heavy atom. The molecule has 0 radical (unpaired) electrons. The van der Waals surface area contributed by atoms with Gasteiger partial charge in [-0.2, -0.15) is 0 Å². The van der Waals surface area contributed by atoms with Crippen molar-refractivity contribution < 1.29 is 0 Å². The largest absolute Gasteiger partial charge is 0.397 e. The zero-order valence-electron chi connectivity index (χ0n) is 10.0. The summed E-state index contributed by atoms with van der Waals surface area (Å²) >= 11 is 1.93. The van der Waals surface area contributed by atoms with E-state index < -0.39 is 0 Å². The molecule has 2 N–H and O–H groups in total. The fraction of sp³-hybridized carbons (Fsp3) is 0.615. The average Bonchev–Trinajstić information content (AvgIpc) is 2.20. The lowest BCUT2D eigenvalue weighted by Gasteiger charge is -2.31. The molecule has 1 aromatic heterocycles. The van der Waals surface area contributed by atoms with Crippen molar-refractivity contribution >= 4 is 17.4 Å². The lowest BCUT2D eigenvalue weighted by molar-refractivity contribution is 0.309. The van der Waals surface area contributed by atoms with Gasteiger partial charge in [0.1, 0.15) is 0 Å². The SMILES string of the molecule is CC1CC(C)CC(Sc2ccncc2N)C1. The average molecular weight is 236 g/mol. The van der Waals surface area contributed by atoms with E-state index in [4.69, 9.17) is 5.73 Å². The van der Waals surface area contributed by atoms with Crippen LogP contribution in [0.3, 0.4) is 0 Å². The highest BCUT2D eigenvalue weighted by atomic mass is 32.2. The Bertz CT molecular complexity index is 344. The van der Waals surface area contributed by atoms with Gasteiger partial charge in [-0.3, -0.25) is 4.98 Å². The molecule has 0 spiro atoms. The molecule has 0 saturated heterocycles. The lowest BCUT2D eigenvalue weighted by atomic mass is 9.83. The smallest absolute Gasteiger partial charge is 0.0638 e. The maximum Gasteiger partial charge on any atom is 0.0638 e. The van der Waals surface area contributed by atoms with Gasteiger partial charge in [0.25, 0.3) is 0 Å². The second kappa shape index (κ2) is 5.09. The van der Waals surface area contributed by atoms with Crippen LogP contribution in [0.4, 0.5) is 5.69 Å². The van der Waals surface area contributed by atoms with Crippen LogP contribution in [0.5, 0.6) is 0 Å². The van der Waals surface area contributed by atoms with Gasteiger partial charge in [0.15, 0.2) is 0 Å². The fourth-order valence-corrected chi connectivity index (χ4v) is 4.19. The summed E-state index contributed by atoms with van der Waals surface area (Å²) < 4.78 is 0. The van der Waals surface area contributed by atoms with Gasteiger partial charge in [-0.15, -0.1) is 11.8 Å². The normalized spacial score (nSPS) is 30.2. The number of hydrogen-bond donors (Lipinski definition) is 1. The van der Waals surface area contributed by atoms with Crippen molar-refractivity contribution in [2.45, 2.75) is 43.3 Å². The molecule has 0 amide bonds. The number of nitrogens with zero attached hydrogens (tertiary/aromatic N) is 1. The molecule has 0 bridgehead atoms. The molecule has 1 fully saturated rings. The highest BCUT2D eigenvalue weighted by Gasteiger charge is 2.24. The fourth-order valence-electron chi connectivity index (χ4n) is 2.65. The van der Waals surface area contributed by atoms with Gasteiger partial charge in [-0.25, -0.2) is 0 Å². The van der Waals surface area contributed by atoms with Gasteiger partial charge in [0.2, 0.25) is 0 Å². The summed E-state index contributed by atoms with van der Waals surface area (Å²) in [6.07, 6.45) is 7.59. The topological polar surface area (TPSA) is 38.9 Å². The molecule has 0 aromatic carbocycles. The first-order valence-corrected chi connectivity index (χ1v) is 6.89. The van der Waals surface area contributed by atoms with Gasteiger partial charge in [0, 0.05) is 16.3 Å². The second-order valence-electron chi connectivity index (χ2n) is 5.07. The Morgan fingerprint density at radius 2 is 1.94 bits per heavy atom. The third-order valence-corrected chi connectivity index (χ3v) is 4.58.